The normalized spacial score (nSPS) is 9.93. The fourth-order valence-electron chi connectivity index (χ4n) is 1.39. The Labute approximate surface area is 89.2 Å². The monoisotopic (exact) mass is 199 g/mol. The Hall–Kier alpha value is -1.96. The number of hydrogen-bond donors (Lipinski definition) is 2. The van der Waals surface area contributed by atoms with Crippen LogP contribution in [0.5, 0.6) is 5.75 Å². The molecule has 0 radical (unpaired) electrons. The summed E-state index contributed by atoms with van der Waals surface area (Å²) in [6.45, 7) is 2.05. The summed E-state index contributed by atoms with van der Waals surface area (Å²) in [5, 5.41) is 12.5. The van der Waals surface area contributed by atoms with Crippen LogP contribution >= 0.6 is 0 Å². The molecule has 0 unspecified atom stereocenters. The fraction of sp³-hybridized carbons (Fsp3) is 0.0769. The van der Waals surface area contributed by atoms with E-state index < -0.39 is 0 Å². The van der Waals surface area contributed by atoms with E-state index in [9.17, 15) is 5.11 Å². The maximum Gasteiger partial charge on any atom is 0.117 e. The third-order valence-corrected chi connectivity index (χ3v) is 2.19. The van der Waals surface area contributed by atoms with Crippen LogP contribution in [-0.4, -0.2) is 5.11 Å². The number of nitrogens with one attached hydrogen (secondary N) is 1. The molecule has 0 bridgehead atoms. The largest absolute Gasteiger partial charge is 0.508 e. The first-order valence-electron chi connectivity index (χ1n) is 4.87. The van der Waals surface area contributed by atoms with E-state index in [1.807, 2.05) is 36.4 Å². The first kappa shape index (κ1) is 9.59. The van der Waals surface area contributed by atoms with Crippen LogP contribution in [0.4, 0.5) is 11.4 Å². The molecular formula is C13H13NO. The van der Waals surface area contributed by atoms with E-state index in [0.717, 1.165) is 11.4 Å². The minimum Gasteiger partial charge on any atom is -0.508 e. The minimum absolute atomic E-state index is 0.270. The molecule has 0 aliphatic carbocycles. The molecule has 0 aliphatic rings. The molecule has 0 atom stereocenters. The second-order valence-corrected chi connectivity index (χ2v) is 3.54. The Morgan fingerprint density at radius 3 is 2.33 bits per heavy atom. The van der Waals surface area contributed by atoms with Crippen LogP contribution in [0.2, 0.25) is 0 Å². The van der Waals surface area contributed by atoms with Crippen molar-refractivity contribution in [1.82, 2.24) is 0 Å². The summed E-state index contributed by atoms with van der Waals surface area (Å²) in [5.74, 6) is 0.270. The maximum atomic E-state index is 9.30. The number of aryl methyl sites for hydroxylation is 1. The smallest absolute Gasteiger partial charge is 0.117 e. The molecule has 2 aromatic carbocycles. The Balaban J connectivity index is 2.18. The predicted molar refractivity (Wildman–Crippen MR) is 62.6 cm³/mol. The van der Waals surface area contributed by atoms with Crippen molar-refractivity contribution in [3.63, 3.8) is 0 Å². The molecule has 2 rings (SSSR count). The Bertz CT molecular complexity index is 448. The van der Waals surface area contributed by atoms with Gasteiger partial charge in [0, 0.05) is 17.4 Å². The number of aromatic hydroxyl groups is 1. The summed E-state index contributed by atoms with van der Waals surface area (Å²) in [6, 6.07) is 15.2. The quantitative estimate of drug-likeness (QED) is 0.776. The molecule has 0 fully saturated rings. The van der Waals surface area contributed by atoms with Gasteiger partial charge in [0.2, 0.25) is 0 Å². The van der Waals surface area contributed by atoms with Crippen LogP contribution in [0.15, 0.2) is 48.5 Å². The van der Waals surface area contributed by atoms with Gasteiger partial charge in [-0.25, -0.2) is 0 Å². The molecule has 0 saturated carbocycles. The summed E-state index contributed by atoms with van der Waals surface area (Å²) in [7, 11) is 0. The number of benzene rings is 2. The fourth-order valence-corrected chi connectivity index (χ4v) is 1.39. The average Bonchev–Trinajstić information content (AvgIpc) is 2.22. The SMILES string of the molecule is Cc1ccc(Nc2cccc(O)c2)cc1. The van der Waals surface area contributed by atoms with E-state index in [-0.39, 0.29) is 5.75 Å². The highest BCUT2D eigenvalue weighted by Crippen LogP contribution is 2.20. The highest BCUT2D eigenvalue weighted by atomic mass is 16.3. The molecule has 2 nitrogen and oxygen atoms in total. The third-order valence-electron chi connectivity index (χ3n) is 2.19. The van der Waals surface area contributed by atoms with E-state index in [1.165, 1.54) is 5.56 Å². The van der Waals surface area contributed by atoms with Gasteiger partial charge in [-0.3, -0.25) is 0 Å². The van der Waals surface area contributed by atoms with Crippen molar-refractivity contribution in [2.45, 2.75) is 6.92 Å². The average molecular weight is 199 g/mol. The van der Waals surface area contributed by atoms with E-state index >= 15 is 0 Å². The lowest BCUT2D eigenvalue weighted by Gasteiger charge is -2.06. The Morgan fingerprint density at radius 1 is 0.933 bits per heavy atom. The molecule has 0 saturated heterocycles. The lowest BCUT2D eigenvalue weighted by molar-refractivity contribution is 0.475. The van der Waals surface area contributed by atoms with Crippen LogP contribution < -0.4 is 5.32 Å². The molecule has 76 valence electrons. The summed E-state index contributed by atoms with van der Waals surface area (Å²) in [4.78, 5) is 0. The van der Waals surface area contributed by atoms with Crippen molar-refractivity contribution in [3.8, 4) is 5.75 Å². The lowest BCUT2D eigenvalue weighted by Crippen LogP contribution is -1.89. The van der Waals surface area contributed by atoms with Crippen molar-refractivity contribution in [3.05, 3.63) is 54.1 Å². The van der Waals surface area contributed by atoms with Crippen molar-refractivity contribution in [1.29, 1.82) is 0 Å². The maximum absolute atomic E-state index is 9.30. The van der Waals surface area contributed by atoms with Crippen LogP contribution in [0.3, 0.4) is 0 Å². The van der Waals surface area contributed by atoms with E-state index in [4.69, 9.17) is 0 Å². The van der Waals surface area contributed by atoms with Crippen LogP contribution in [-0.2, 0) is 0 Å². The summed E-state index contributed by atoms with van der Waals surface area (Å²) in [5.41, 5.74) is 3.14. The van der Waals surface area contributed by atoms with E-state index in [2.05, 4.69) is 12.2 Å². The molecular weight excluding hydrogens is 186 g/mol. The van der Waals surface area contributed by atoms with Gasteiger partial charge in [0.15, 0.2) is 0 Å². The first-order chi connectivity index (χ1) is 7.24. The second-order valence-electron chi connectivity index (χ2n) is 3.54. The van der Waals surface area contributed by atoms with Crippen LogP contribution in [0.25, 0.3) is 0 Å². The standard InChI is InChI=1S/C13H13NO/c1-10-5-7-11(8-6-10)14-12-3-2-4-13(15)9-12/h2-9,14-15H,1H3. The Morgan fingerprint density at radius 2 is 1.67 bits per heavy atom. The molecule has 0 aliphatic heterocycles. The summed E-state index contributed by atoms with van der Waals surface area (Å²) >= 11 is 0. The zero-order valence-electron chi connectivity index (χ0n) is 8.57. The predicted octanol–water partition coefficient (Wildman–Crippen LogP) is 3.44. The van der Waals surface area contributed by atoms with Crippen molar-refractivity contribution in [2.24, 2.45) is 0 Å². The second kappa shape index (κ2) is 4.05. The molecule has 2 aromatic rings. The number of rotatable bonds is 2. The van der Waals surface area contributed by atoms with E-state index in [1.54, 1.807) is 12.1 Å². The first-order valence-corrected chi connectivity index (χ1v) is 4.87. The molecule has 2 heteroatoms. The molecule has 0 heterocycles. The van der Waals surface area contributed by atoms with Gasteiger partial charge in [-0.2, -0.15) is 0 Å². The van der Waals surface area contributed by atoms with Gasteiger partial charge in [-0.1, -0.05) is 23.8 Å². The molecule has 0 spiro atoms. The molecule has 0 aromatic heterocycles. The zero-order valence-corrected chi connectivity index (χ0v) is 8.57. The van der Waals surface area contributed by atoms with Gasteiger partial charge in [0.1, 0.15) is 5.75 Å². The number of phenols is 1. The number of phenolic OH excluding ortho intramolecular Hbond substituents is 1. The number of anilines is 2. The van der Waals surface area contributed by atoms with Gasteiger partial charge in [0.25, 0.3) is 0 Å². The highest BCUT2D eigenvalue weighted by Gasteiger charge is 1.95. The van der Waals surface area contributed by atoms with Crippen molar-refractivity contribution >= 4 is 11.4 Å². The highest BCUT2D eigenvalue weighted by molar-refractivity contribution is 5.61. The van der Waals surface area contributed by atoms with E-state index in [0.29, 0.717) is 0 Å². The lowest BCUT2D eigenvalue weighted by atomic mass is 10.2. The minimum atomic E-state index is 0.270. The van der Waals surface area contributed by atoms with Gasteiger partial charge < -0.3 is 10.4 Å². The van der Waals surface area contributed by atoms with Crippen LogP contribution in [0.1, 0.15) is 5.56 Å². The Kier molecular flexibility index (Phi) is 2.59. The summed E-state index contributed by atoms with van der Waals surface area (Å²) in [6.07, 6.45) is 0. The molecule has 2 N–H and O–H groups in total. The van der Waals surface area contributed by atoms with Crippen LogP contribution in [0, 0.1) is 6.92 Å². The number of hydrogen-bond acceptors (Lipinski definition) is 2. The zero-order chi connectivity index (χ0) is 10.7. The van der Waals surface area contributed by atoms with Crippen molar-refractivity contribution in [2.75, 3.05) is 5.32 Å². The third kappa shape index (κ3) is 2.50. The van der Waals surface area contributed by atoms with Gasteiger partial charge >= 0.3 is 0 Å². The molecule has 0 amide bonds. The topological polar surface area (TPSA) is 32.3 Å². The molecule has 15 heavy (non-hydrogen) atoms. The van der Waals surface area contributed by atoms with Crippen molar-refractivity contribution < 1.29 is 5.11 Å². The van der Waals surface area contributed by atoms with Gasteiger partial charge in [-0.05, 0) is 31.2 Å². The summed E-state index contributed by atoms with van der Waals surface area (Å²) < 4.78 is 0. The van der Waals surface area contributed by atoms with Gasteiger partial charge in [0.05, 0.1) is 0 Å². The van der Waals surface area contributed by atoms with Gasteiger partial charge in [-0.15, -0.1) is 0 Å².